The number of nitriles is 1. The lowest BCUT2D eigenvalue weighted by Crippen LogP contribution is -2.37. The third kappa shape index (κ3) is 2.55. The molecule has 0 aromatic carbocycles. The fraction of sp³-hybridized carbons (Fsp3) is 0.400. The van der Waals surface area contributed by atoms with Crippen LogP contribution in [-0.2, 0) is 4.79 Å². The Balaban J connectivity index is 1.93. The van der Waals surface area contributed by atoms with Gasteiger partial charge in [0.25, 0.3) is 0 Å². The van der Waals surface area contributed by atoms with Gasteiger partial charge in [0.05, 0.1) is 0 Å². The summed E-state index contributed by atoms with van der Waals surface area (Å²) in [6.07, 6.45) is 4.21. The number of nitrogens with zero attached hydrogens (tertiary/aromatic N) is 4. The van der Waals surface area contributed by atoms with E-state index < -0.39 is 0 Å². The lowest BCUT2D eigenvalue weighted by molar-refractivity contribution is -0.118. The van der Waals surface area contributed by atoms with Crippen molar-refractivity contribution in [2.75, 3.05) is 18.0 Å². The van der Waals surface area contributed by atoms with Crippen molar-refractivity contribution in [3.05, 3.63) is 30.1 Å². The first-order chi connectivity index (χ1) is 10.2. The summed E-state index contributed by atoms with van der Waals surface area (Å²) in [6, 6.07) is 7.91. The average molecular weight is 283 g/mol. The van der Waals surface area contributed by atoms with E-state index in [4.69, 9.17) is 5.73 Å². The molecule has 0 spiro atoms. The summed E-state index contributed by atoms with van der Waals surface area (Å²) >= 11 is 0. The van der Waals surface area contributed by atoms with Crippen LogP contribution >= 0.6 is 0 Å². The second-order valence-electron chi connectivity index (χ2n) is 5.45. The first-order valence-electron chi connectivity index (χ1n) is 7.09. The topological polar surface area (TPSA) is 87.4 Å². The summed E-state index contributed by atoms with van der Waals surface area (Å²) in [5.41, 5.74) is 6.61. The van der Waals surface area contributed by atoms with Crippen LogP contribution in [-0.4, -0.2) is 28.4 Å². The van der Waals surface area contributed by atoms with Crippen LogP contribution in [0.5, 0.6) is 0 Å². The molecule has 6 heteroatoms. The predicted octanol–water partition coefficient (Wildman–Crippen LogP) is 1.30. The van der Waals surface area contributed by atoms with Gasteiger partial charge < -0.3 is 10.6 Å². The van der Waals surface area contributed by atoms with Gasteiger partial charge in [0, 0.05) is 25.7 Å². The lowest BCUT2D eigenvalue weighted by atomic mass is 9.94. The van der Waals surface area contributed by atoms with Gasteiger partial charge in [-0.25, -0.2) is 4.98 Å². The Hall–Kier alpha value is -2.55. The Labute approximate surface area is 122 Å². The number of hydrogen-bond acceptors (Lipinski definition) is 4. The first-order valence-corrected chi connectivity index (χ1v) is 7.09. The van der Waals surface area contributed by atoms with Gasteiger partial charge in [-0.1, -0.05) is 6.07 Å². The Kier molecular flexibility index (Phi) is 3.48. The van der Waals surface area contributed by atoms with E-state index in [0.29, 0.717) is 17.9 Å². The van der Waals surface area contributed by atoms with Crippen LogP contribution in [0.2, 0.25) is 0 Å². The number of carbonyl (C=O) groups excluding carboxylic acids is 1. The van der Waals surface area contributed by atoms with E-state index in [1.807, 2.05) is 24.4 Å². The molecule has 21 heavy (non-hydrogen) atoms. The van der Waals surface area contributed by atoms with Crippen LogP contribution in [0, 0.1) is 17.2 Å². The number of carbonyl (C=O) groups is 1. The summed E-state index contributed by atoms with van der Waals surface area (Å²) in [5.74, 6) is 0.683. The maximum Gasteiger partial charge on any atom is 0.217 e. The third-order valence-corrected chi connectivity index (χ3v) is 3.93. The number of hydrogen-bond donors (Lipinski definition) is 1. The van der Waals surface area contributed by atoms with Crippen LogP contribution in [0.25, 0.3) is 5.65 Å². The molecule has 1 amide bonds. The standard InChI is InChI=1S/C15H17N5O/c16-9-12-15(18-14-5-1-2-7-20(12)14)19-6-3-4-11(10-19)8-13(17)21/h1-2,5,7,11H,3-4,6,8,10H2,(H2,17,21). The number of primary amides is 1. The average Bonchev–Trinajstić information content (AvgIpc) is 2.85. The number of imidazole rings is 1. The third-order valence-electron chi connectivity index (χ3n) is 3.93. The smallest absolute Gasteiger partial charge is 0.217 e. The number of amides is 1. The molecule has 1 aliphatic rings. The molecule has 1 unspecified atom stereocenters. The number of pyridine rings is 1. The van der Waals surface area contributed by atoms with Gasteiger partial charge in [0.2, 0.25) is 5.91 Å². The monoisotopic (exact) mass is 283 g/mol. The molecule has 1 atom stereocenters. The number of nitrogens with two attached hydrogens (primary N) is 1. The molecule has 2 N–H and O–H groups in total. The minimum atomic E-state index is -0.266. The molecule has 0 radical (unpaired) electrons. The fourth-order valence-corrected chi connectivity index (χ4v) is 3.02. The van der Waals surface area contributed by atoms with E-state index in [1.54, 1.807) is 4.40 Å². The van der Waals surface area contributed by atoms with Gasteiger partial charge in [-0.2, -0.15) is 5.26 Å². The fourth-order valence-electron chi connectivity index (χ4n) is 3.02. The molecule has 0 saturated carbocycles. The van der Waals surface area contributed by atoms with E-state index in [-0.39, 0.29) is 11.8 Å². The molecule has 1 aliphatic heterocycles. The molecule has 3 heterocycles. The van der Waals surface area contributed by atoms with Gasteiger partial charge >= 0.3 is 0 Å². The minimum absolute atomic E-state index is 0.243. The Bertz CT molecular complexity index is 714. The molecule has 1 saturated heterocycles. The number of aromatic nitrogens is 2. The Morgan fingerprint density at radius 2 is 2.38 bits per heavy atom. The van der Waals surface area contributed by atoms with E-state index >= 15 is 0 Å². The summed E-state index contributed by atoms with van der Waals surface area (Å²) < 4.78 is 1.80. The van der Waals surface area contributed by atoms with Crippen molar-refractivity contribution < 1.29 is 4.79 Å². The molecular formula is C15H17N5O. The van der Waals surface area contributed by atoms with Crippen molar-refractivity contribution in [1.82, 2.24) is 9.38 Å². The molecule has 108 valence electrons. The highest BCUT2D eigenvalue weighted by atomic mass is 16.1. The van der Waals surface area contributed by atoms with Crippen molar-refractivity contribution in [2.45, 2.75) is 19.3 Å². The lowest BCUT2D eigenvalue weighted by Gasteiger charge is -2.32. The second-order valence-corrected chi connectivity index (χ2v) is 5.45. The number of fused-ring (bicyclic) bond motifs is 1. The van der Waals surface area contributed by atoms with Crippen LogP contribution in [0.15, 0.2) is 24.4 Å². The normalized spacial score (nSPS) is 18.6. The van der Waals surface area contributed by atoms with E-state index in [2.05, 4.69) is 16.0 Å². The van der Waals surface area contributed by atoms with Crippen molar-refractivity contribution in [3.8, 4) is 6.07 Å². The van der Waals surface area contributed by atoms with Gasteiger partial charge in [-0.05, 0) is 30.9 Å². The van der Waals surface area contributed by atoms with Crippen LogP contribution in [0.3, 0.4) is 0 Å². The van der Waals surface area contributed by atoms with Gasteiger partial charge in [-0.15, -0.1) is 0 Å². The summed E-state index contributed by atoms with van der Waals surface area (Å²) in [5, 5.41) is 9.44. The highest BCUT2D eigenvalue weighted by Crippen LogP contribution is 2.27. The number of piperidine rings is 1. The van der Waals surface area contributed by atoms with Crippen LogP contribution in [0.1, 0.15) is 25.0 Å². The van der Waals surface area contributed by atoms with Gasteiger partial charge in [-0.3, -0.25) is 9.20 Å². The molecule has 2 aromatic rings. The molecule has 6 nitrogen and oxygen atoms in total. The van der Waals surface area contributed by atoms with E-state index in [9.17, 15) is 10.1 Å². The molecule has 1 fully saturated rings. The van der Waals surface area contributed by atoms with E-state index in [0.717, 1.165) is 31.6 Å². The van der Waals surface area contributed by atoms with Gasteiger partial charge in [0.1, 0.15) is 11.7 Å². The molecule has 0 aliphatic carbocycles. The summed E-state index contributed by atoms with van der Waals surface area (Å²) in [4.78, 5) is 17.8. The summed E-state index contributed by atoms with van der Waals surface area (Å²) in [7, 11) is 0. The van der Waals surface area contributed by atoms with Crippen LogP contribution < -0.4 is 10.6 Å². The highest BCUT2D eigenvalue weighted by molar-refractivity contribution is 5.74. The maximum absolute atomic E-state index is 11.1. The highest BCUT2D eigenvalue weighted by Gasteiger charge is 2.25. The quantitative estimate of drug-likeness (QED) is 0.919. The zero-order valence-corrected chi connectivity index (χ0v) is 11.7. The number of anilines is 1. The SMILES string of the molecule is N#Cc1c(N2CCCC(CC(N)=O)C2)nc2ccccn12. The zero-order valence-electron chi connectivity index (χ0n) is 11.7. The Morgan fingerprint density at radius 3 is 3.14 bits per heavy atom. The van der Waals surface area contributed by atoms with Crippen molar-refractivity contribution in [3.63, 3.8) is 0 Å². The van der Waals surface area contributed by atoms with Crippen LogP contribution in [0.4, 0.5) is 5.82 Å². The minimum Gasteiger partial charge on any atom is -0.370 e. The maximum atomic E-state index is 11.1. The van der Waals surface area contributed by atoms with E-state index in [1.165, 1.54) is 0 Å². The molecule has 3 rings (SSSR count). The van der Waals surface area contributed by atoms with Gasteiger partial charge in [0.15, 0.2) is 11.5 Å². The van der Waals surface area contributed by atoms with Crippen molar-refractivity contribution >= 4 is 17.4 Å². The van der Waals surface area contributed by atoms with Crippen molar-refractivity contribution in [1.29, 1.82) is 5.26 Å². The largest absolute Gasteiger partial charge is 0.370 e. The zero-order chi connectivity index (χ0) is 14.8. The summed E-state index contributed by atoms with van der Waals surface area (Å²) in [6.45, 7) is 1.58. The molecule has 0 bridgehead atoms. The predicted molar refractivity (Wildman–Crippen MR) is 78.7 cm³/mol. The first kappa shape index (κ1) is 13.4. The molecule has 2 aromatic heterocycles. The number of rotatable bonds is 3. The molecular weight excluding hydrogens is 266 g/mol. The Morgan fingerprint density at radius 1 is 1.52 bits per heavy atom. The van der Waals surface area contributed by atoms with Crippen molar-refractivity contribution in [2.24, 2.45) is 11.7 Å². The second kappa shape index (κ2) is 5.44.